The van der Waals surface area contributed by atoms with Gasteiger partial charge in [-0.1, -0.05) is 23.7 Å². The molecule has 0 aliphatic carbocycles. The van der Waals surface area contributed by atoms with Gasteiger partial charge in [0.15, 0.2) is 0 Å². The second-order valence-electron chi connectivity index (χ2n) is 6.21. The lowest BCUT2D eigenvalue weighted by atomic mass is 10.0. The van der Waals surface area contributed by atoms with Crippen molar-refractivity contribution in [3.05, 3.63) is 92.9 Å². The highest BCUT2D eigenvalue weighted by Gasteiger charge is 2.22. The SMILES string of the molecule is Cc1nc(CC(NS(=O)(=O)c2ccc(Cl)cc2)c2ccc(F)cc2)cc(=O)[nH]1. The molecular formula is C19H17ClFN3O3S. The van der Waals surface area contributed by atoms with E-state index in [2.05, 4.69) is 14.7 Å². The van der Waals surface area contributed by atoms with Crippen LogP contribution in [0.25, 0.3) is 0 Å². The Labute approximate surface area is 166 Å². The highest BCUT2D eigenvalue weighted by Crippen LogP contribution is 2.22. The van der Waals surface area contributed by atoms with Crippen LogP contribution in [0.1, 0.15) is 23.1 Å². The fourth-order valence-electron chi connectivity index (χ4n) is 2.75. The van der Waals surface area contributed by atoms with Crippen LogP contribution in [0.3, 0.4) is 0 Å². The molecular weight excluding hydrogens is 405 g/mol. The van der Waals surface area contributed by atoms with Gasteiger partial charge in [0.25, 0.3) is 5.56 Å². The Morgan fingerprint density at radius 2 is 1.79 bits per heavy atom. The predicted molar refractivity (Wildman–Crippen MR) is 104 cm³/mol. The zero-order valence-electron chi connectivity index (χ0n) is 14.8. The number of halogens is 2. The van der Waals surface area contributed by atoms with Crippen molar-refractivity contribution in [3.63, 3.8) is 0 Å². The molecule has 0 spiro atoms. The van der Waals surface area contributed by atoms with Gasteiger partial charge in [-0.15, -0.1) is 0 Å². The summed E-state index contributed by atoms with van der Waals surface area (Å²) in [5.41, 5.74) is 0.619. The Kier molecular flexibility index (Phi) is 5.93. The fraction of sp³-hybridized carbons (Fsp3) is 0.158. The number of rotatable bonds is 6. The lowest BCUT2D eigenvalue weighted by molar-refractivity contribution is 0.551. The summed E-state index contributed by atoms with van der Waals surface area (Å²) in [6.45, 7) is 1.63. The molecule has 0 radical (unpaired) electrons. The number of H-pyrrole nitrogens is 1. The zero-order valence-corrected chi connectivity index (χ0v) is 16.4. The third-order valence-electron chi connectivity index (χ3n) is 4.02. The molecule has 3 aromatic rings. The zero-order chi connectivity index (χ0) is 20.3. The topological polar surface area (TPSA) is 91.9 Å². The number of nitrogens with zero attached hydrogens (tertiary/aromatic N) is 1. The molecule has 0 saturated heterocycles. The van der Waals surface area contributed by atoms with E-state index < -0.39 is 21.9 Å². The second kappa shape index (κ2) is 8.22. The maximum Gasteiger partial charge on any atom is 0.251 e. The highest BCUT2D eigenvalue weighted by atomic mass is 35.5. The van der Waals surface area contributed by atoms with E-state index in [0.717, 1.165) is 0 Å². The molecule has 1 atom stereocenters. The van der Waals surface area contributed by atoms with E-state index in [0.29, 0.717) is 22.1 Å². The molecule has 0 saturated carbocycles. The number of nitrogens with one attached hydrogen (secondary N) is 2. The first-order chi connectivity index (χ1) is 13.2. The van der Waals surface area contributed by atoms with Gasteiger partial charge in [0.1, 0.15) is 11.6 Å². The van der Waals surface area contributed by atoms with Gasteiger partial charge >= 0.3 is 0 Å². The molecule has 0 bridgehead atoms. The number of hydrogen-bond donors (Lipinski definition) is 2. The Morgan fingerprint density at radius 3 is 2.39 bits per heavy atom. The molecule has 9 heteroatoms. The minimum atomic E-state index is -3.89. The van der Waals surface area contributed by atoms with Crippen molar-refractivity contribution in [2.45, 2.75) is 24.3 Å². The molecule has 2 aromatic carbocycles. The molecule has 28 heavy (non-hydrogen) atoms. The summed E-state index contributed by atoms with van der Waals surface area (Å²) in [4.78, 5) is 18.5. The van der Waals surface area contributed by atoms with Gasteiger partial charge in [0, 0.05) is 23.2 Å². The lowest BCUT2D eigenvalue weighted by Crippen LogP contribution is -2.30. The van der Waals surface area contributed by atoms with E-state index in [1.165, 1.54) is 54.6 Å². The molecule has 0 aliphatic heterocycles. The third kappa shape index (κ3) is 5.03. The number of hydrogen-bond acceptors (Lipinski definition) is 4. The monoisotopic (exact) mass is 421 g/mol. The van der Waals surface area contributed by atoms with Crippen LogP contribution in [0.15, 0.2) is 64.3 Å². The molecule has 1 aromatic heterocycles. The van der Waals surface area contributed by atoms with Crippen LogP contribution in [-0.4, -0.2) is 18.4 Å². The number of aryl methyl sites for hydroxylation is 1. The van der Waals surface area contributed by atoms with Crippen LogP contribution < -0.4 is 10.3 Å². The summed E-state index contributed by atoms with van der Waals surface area (Å²) < 4.78 is 41.5. The van der Waals surface area contributed by atoms with Crippen molar-refractivity contribution in [2.75, 3.05) is 0 Å². The summed E-state index contributed by atoms with van der Waals surface area (Å²) in [6.07, 6.45) is 0.114. The van der Waals surface area contributed by atoms with Crippen molar-refractivity contribution in [2.24, 2.45) is 0 Å². The normalized spacial score (nSPS) is 12.7. The van der Waals surface area contributed by atoms with Gasteiger partial charge in [-0.25, -0.2) is 22.5 Å². The summed E-state index contributed by atoms with van der Waals surface area (Å²) in [5.74, 6) is -0.0194. The van der Waals surface area contributed by atoms with Gasteiger partial charge in [0.2, 0.25) is 10.0 Å². The summed E-state index contributed by atoms with van der Waals surface area (Å²) in [6, 6.07) is 11.8. The van der Waals surface area contributed by atoms with Crippen LogP contribution in [-0.2, 0) is 16.4 Å². The van der Waals surface area contributed by atoms with E-state index in [1.54, 1.807) is 6.92 Å². The predicted octanol–water partition coefficient (Wildman–Crippen LogP) is 3.13. The van der Waals surface area contributed by atoms with E-state index in [-0.39, 0.29) is 16.9 Å². The van der Waals surface area contributed by atoms with Crippen molar-refractivity contribution < 1.29 is 12.8 Å². The minimum absolute atomic E-state index is 0.0408. The van der Waals surface area contributed by atoms with E-state index in [1.807, 2.05) is 0 Å². The van der Waals surface area contributed by atoms with E-state index in [4.69, 9.17) is 11.6 Å². The maximum atomic E-state index is 13.3. The Bertz CT molecular complexity index is 1130. The molecule has 3 rings (SSSR count). The minimum Gasteiger partial charge on any atom is -0.311 e. The van der Waals surface area contributed by atoms with Crippen LogP contribution in [0.5, 0.6) is 0 Å². The van der Waals surface area contributed by atoms with Gasteiger partial charge in [0.05, 0.1) is 10.9 Å². The van der Waals surface area contributed by atoms with Crippen molar-refractivity contribution >= 4 is 21.6 Å². The quantitative estimate of drug-likeness (QED) is 0.639. The Hall–Kier alpha value is -2.55. The van der Waals surface area contributed by atoms with Gasteiger partial charge < -0.3 is 4.98 Å². The molecule has 146 valence electrons. The highest BCUT2D eigenvalue weighted by molar-refractivity contribution is 7.89. The van der Waals surface area contributed by atoms with Gasteiger partial charge in [-0.3, -0.25) is 4.79 Å². The van der Waals surface area contributed by atoms with Crippen molar-refractivity contribution in [3.8, 4) is 0 Å². The van der Waals surface area contributed by atoms with Crippen LogP contribution in [0, 0.1) is 12.7 Å². The molecule has 1 unspecified atom stereocenters. The van der Waals surface area contributed by atoms with Crippen LogP contribution >= 0.6 is 11.6 Å². The van der Waals surface area contributed by atoms with Crippen molar-refractivity contribution in [1.82, 2.24) is 14.7 Å². The summed E-state index contributed by atoms with van der Waals surface area (Å²) in [5, 5.41) is 0.414. The number of sulfonamides is 1. The molecule has 0 aliphatic rings. The van der Waals surface area contributed by atoms with E-state index >= 15 is 0 Å². The molecule has 0 fully saturated rings. The van der Waals surface area contributed by atoms with Crippen molar-refractivity contribution in [1.29, 1.82) is 0 Å². The van der Waals surface area contributed by atoms with Gasteiger partial charge in [-0.05, 0) is 48.9 Å². The van der Waals surface area contributed by atoms with E-state index in [9.17, 15) is 17.6 Å². The number of aromatic amines is 1. The third-order valence-corrected chi connectivity index (χ3v) is 5.76. The molecule has 1 heterocycles. The summed E-state index contributed by atoms with van der Waals surface area (Å²) in [7, 11) is -3.89. The lowest BCUT2D eigenvalue weighted by Gasteiger charge is -2.19. The second-order valence-corrected chi connectivity index (χ2v) is 8.36. The van der Waals surface area contributed by atoms with Crippen LogP contribution in [0.2, 0.25) is 5.02 Å². The van der Waals surface area contributed by atoms with Gasteiger partial charge in [-0.2, -0.15) is 0 Å². The molecule has 6 nitrogen and oxygen atoms in total. The number of aromatic nitrogens is 2. The standard InChI is InChI=1S/C19H17ClFN3O3S/c1-12-22-16(11-19(25)23-12)10-18(13-2-6-15(21)7-3-13)24-28(26,27)17-8-4-14(20)5-9-17/h2-9,11,18,24H,10H2,1H3,(H,22,23,25). The maximum absolute atomic E-state index is 13.3. The fourth-order valence-corrected chi connectivity index (χ4v) is 4.10. The average molecular weight is 422 g/mol. The first kappa shape index (κ1) is 20.2. The first-order valence-electron chi connectivity index (χ1n) is 8.33. The molecule has 2 N–H and O–H groups in total. The smallest absolute Gasteiger partial charge is 0.251 e. The first-order valence-corrected chi connectivity index (χ1v) is 10.2. The largest absolute Gasteiger partial charge is 0.311 e. The summed E-state index contributed by atoms with van der Waals surface area (Å²) >= 11 is 5.82. The average Bonchev–Trinajstić information content (AvgIpc) is 2.61. The Balaban J connectivity index is 1.97. The van der Waals surface area contributed by atoms with Crippen LogP contribution in [0.4, 0.5) is 4.39 Å². The number of benzene rings is 2. The molecule has 0 amide bonds. The Morgan fingerprint density at radius 1 is 1.14 bits per heavy atom.